The first kappa shape index (κ1) is 16.5. The van der Waals surface area contributed by atoms with Crippen LogP contribution in [0.25, 0.3) is 0 Å². The van der Waals surface area contributed by atoms with Crippen LogP contribution in [0.1, 0.15) is 65.2 Å². The van der Waals surface area contributed by atoms with Crippen molar-refractivity contribution < 1.29 is 14.3 Å². The van der Waals surface area contributed by atoms with Crippen LogP contribution < -0.4 is 0 Å². The van der Waals surface area contributed by atoms with Crippen molar-refractivity contribution >= 4 is 11.6 Å². The molecule has 0 N–H and O–H groups in total. The molecule has 0 bridgehead atoms. The van der Waals surface area contributed by atoms with Gasteiger partial charge in [-0.1, -0.05) is 12.5 Å². The second kappa shape index (κ2) is 5.79. The topological polar surface area (TPSA) is 43.4 Å². The summed E-state index contributed by atoms with van der Waals surface area (Å²) >= 11 is 0. The number of ether oxygens (including phenoxy) is 1. The summed E-state index contributed by atoms with van der Waals surface area (Å²) in [7, 11) is 0. The molecular weight excluding hydrogens is 300 g/mol. The number of ketones is 2. The summed E-state index contributed by atoms with van der Waals surface area (Å²) in [5.41, 5.74) is 1.36. The molecule has 3 heteroatoms. The predicted octanol–water partition coefficient (Wildman–Crippen LogP) is 4.10. The van der Waals surface area contributed by atoms with Gasteiger partial charge >= 0.3 is 0 Å². The zero-order chi connectivity index (χ0) is 16.9. The summed E-state index contributed by atoms with van der Waals surface area (Å²) in [6, 6.07) is 0. The van der Waals surface area contributed by atoms with E-state index in [9.17, 15) is 9.59 Å². The molecule has 0 radical (unpaired) electrons. The van der Waals surface area contributed by atoms with E-state index >= 15 is 0 Å². The fraction of sp³-hybridized carbons (Fsp3) is 0.810. The van der Waals surface area contributed by atoms with Crippen LogP contribution in [-0.2, 0) is 14.3 Å². The maximum absolute atomic E-state index is 12.5. The standard InChI is InChI=1S/C21H30O3/c1-3-24-13-21-11-8-15(22)12-14(21)4-5-16-17-6-7-19(23)20(17,2)10-9-18(16)21/h12,16-18H,3-11,13H2,1-2H3/t16-,17-,18-,20-,21+/m0/s1. The molecule has 0 spiro atoms. The Balaban J connectivity index is 1.70. The first-order valence-corrected chi connectivity index (χ1v) is 9.86. The lowest BCUT2D eigenvalue weighted by atomic mass is 9.47. The van der Waals surface area contributed by atoms with Crippen LogP contribution in [0, 0.1) is 28.6 Å². The summed E-state index contributed by atoms with van der Waals surface area (Å²) in [4.78, 5) is 24.5. The van der Waals surface area contributed by atoms with Crippen LogP contribution in [0.2, 0.25) is 0 Å². The molecule has 0 saturated heterocycles. The minimum Gasteiger partial charge on any atom is -0.381 e. The predicted molar refractivity (Wildman–Crippen MR) is 92.5 cm³/mol. The van der Waals surface area contributed by atoms with Gasteiger partial charge in [0.1, 0.15) is 5.78 Å². The second-order valence-corrected chi connectivity index (χ2v) is 8.76. The largest absolute Gasteiger partial charge is 0.381 e. The molecule has 4 aliphatic rings. The van der Waals surface area contributed by atoms with E-state index in [1.807, 2.05) is 6.08 Å². The summed E-state index contributed by atoms with van der Waals surface area (Å²) in [5, 5.41) is 0. The number of carbonyl (C=O) groups excluding carboxylic acids is 2. The van der Waals surface area contributed by atoms with E-state index in [1.165, 1.54) is 5.57 Å². The Bertz CT molecular complexity index is 592. The van der Waals surface area contributed by atoms with E-state index < -0.39 is 0 Å². The summed E-state index contributed by atoms with van der Waals surface area (Å²) in [6.07, 6.45) is 9.78. The molecule has 4 aliphatic carbocycles. The van der Waals surface area contributed by atoms with Gasteiger partial charge in [0.05, 0.1) is 6.61 Å². The molecule has 0 aromatic rings. The lowest BCUT2D eigenvalue weighted by Gasteiger charge is -2.57. The SMILES string of the molecule is CCOC[C@]12CCC(=O)C=C1CC[C@@H]1[C@@H]2CC[C@]2(C)C(=O)CC[C@@H]12. The lowest BCUT2D eigenvalue weighted by molar-refractivity contribution is -0.134. The van der Waals surface area contributed by atoms with Crippen LogP contribution in [-0.4, -0.2) is 24.8 Å². The van der Waals surface area contributed by atoms with Crippen molar-refractivity contribution in [3.63, 3.8) is 0 Å². The van der Waals surface area contributed by atoms with E-state index in [1.54, 1.807) is 0 Å². The molecule has 5 atom stereocenters. The van der Waals surface area contributed by atoms with E-state index in [4.69, 9.17) is 4.74 Å². The lowest BCUT2D eigenvalue weighted by Crippen LogP contribution is -2.53. The third-order valence-corrected chi connectivity index (χ3v) is 7.96. The maximum atomic E-state index is 12.5. The first-order chi connectivity index (χ1) is 11.5. The van der Waals surface area contributed by atoms with Gasteiger partial charge in [0, 0.05) is 30.3 Å². The molecule has 132 valence electrons. The first-order valence-electron chi connectivity index (χ1n) is 9.86. The van der Waals surface area contributed by atoms with Crippen molar-refractivity contribution in [2.75, 3.05) is 13.2 Å². The minimum absolute atomic E-state index is 0.0693. The average Bonchev–Trinajstić information content (AvgIpc) is 2.88. The van der Waals surface area contributed by atoms with Gasteiger partial charge in [-0.15, -0.1) is 0 Å². The molecule has 0 unspecified atom stereocenters. The molecule has 0 aromatic carbocycles. The van der Waals surface area contributed by atoms with Gasteiger partial charge in [0.2, 0.25) is 0 Å². The highest BCUT2D eigenvalue weighted by atomic mass is 16.5. The number of fused-ring (bicyclic) bond motifs is 5. The normalized spacial score (nSPS) is 44.6. The van der Waals surface area contributed by atoms with Gasteiger partial charge in [-0.25, -0.2) is 0 Å². The van der Waals surface area contributed by atoms with E-state index in [0.29, 0.717) is 35.7 Å². The quantitative estimate of drug-likeness (QED) is 0.782. The fourth-order valence-electron chi connectivity index (χ4n) is 6.69. The monoisotopic (exact) mass is 330 g/mol. The molecule has 0 aromatic heterocycles. The number of rotatable bonds is 3. The van der Waals surface area contributed by atoms with Crippen molar-refractivity contribution in [2.45, 2.75) is 65.2 Å². The van der Waals surface area contributed by atoms with Crippen molar-refractivity contribution in [1.29, 1.82) is 0 Å². The van der Waals surface area contributed by atoms with Crippen molar-refractivity contribution in [1.82, 2.24) is 0 Å². The molecular formula is C21H30O3. The molecule has 4 rings (SSSR count). The number of Topliss-reactive ketones (excluding diaryl/α,β-unsaturated/α-hetero) is 1. The molecule has 0 heterocycles. The van der Waals surface area contributed by atoms with Crippen LogP contribution in [0.15, 0.2) is 11.6 Å². The van der Waals surface area contributed by atoms with Gasteiger partial charge < -0.3 is 4.74 Å². The third kappa shape index (κ3) is 2.20. The van der Waals surface area contributed by atoms with Gasteiger partial charge in [-0.2, -0.15) is 0 Å². The van der Waals surface area contributed by atoms with E-state index in [-0.39, 0.29) is 10.8 Å². The fourth-order valence-corrected chi connectivity index (χ4v) is 6.69. The Morgan fingerprint density at radius 2 is 1.92 bits per heavy atom. The zero-order valence-corrected chi connectivity index (χ0v) is 15.1. The highest BCUT2D eigenvalue weighted by molar-refractivity contribution is 5.91. The molecule has 3 nitrogen and oxygen atoms in total. The summed E-state index contributed by atoms with van der Waals surface area (Å²) in [6.45, 7) is 5.79. The second-order valence-electron chi connectivity index (χ2n) is 8.76. The van der Waals surface area contributed by atoms with Crippen LogP contribution in [0.3, 0.4) is 0 Å². The highest BCUT2D eigenvalue weighted by Gasteiger charge is 2.60. The van der Waals surface area contributed by atoms with Crippen LogP contribution >= 0.6 is 0 Å². The highest BCUT2D eigenvalue weighted by Crippen LogP contribution is 2.64. The average molecular weight is 330 g/mol. The van der Waals surface area contributed by atoms with Gasteiger partial charge in [0.15, 0.2) is 5.78 Å². The molecule has 3 saturated carbocycles. The molecule has 3 fully saturated rings. The zero-order valence-electron chi connectivity index (χ0n) is 15.1. The van der Waals surface area contributed by atoms with Crippen molar-refractivity contribution in [2.24, 2.45) is 28.6 Å². The Hall–Kier alpha value is -0.960. The van der Waals surface area contributed by atoms with Gasteiger partial charge in [-0.3, -0.25) is 9.59 Å². The van der Waals surface area contributed by atoms with Crippen molar-refractivity contribution in [3.05, 3.63) is 11.6 Å². The molecule has 24 heavy (non-hydrogen) atoms. The summed E-state index contributed by atoms with van der Waals surface area (Å²) in [5.74, 6) is 2.60. The smallest absolute Gasteiger partial charge is 0.155 e. The maximum Gasteiger partial charge on any atom is 0.155 e. The summed E-state index contributed by atoms with van der Waals surface area (Å²) < 4.78 is 5.96. The molecule has 0 amide bonds. The number of hydrogen-bond acceptors (Lipinski definition) is 3. The van der Waals surface area contributed by atoms with Gasteiger partial charge in [-0.05, 0) is 69.3 Å². The molecule has 0 aliphatic heterocycles. The van der Waals surface area contributed by atoms with Gasteiger partial charge in [0.25, 0.3) is 0 Å². The third-order valence-electron chi connectivity index (χ3n) is 7.96. The van der Waals surface area contributed by atoms with E-state index in [2.05, 4.69) is 13.8 Å². The Labute approximate surface area is 145 Å². The number of carbonyl (C=O) groups is 2. The number of hydrogen-bond donors (Lipinski definition) is 0. The Morgan fingerprint density at radius 1 is 1.08 bits per heavy atom. The van der Waals surface area contributed by atoms with Crippen molar-refractivity contribution in [3.8, 4) is 0 Å². The van der Waals surface area contributed by atoms with Crippen LogP contribution in [0.4, 0.5) is 0 Å². The Kier molecular flexibility index (Phi) is 3.98. The minimum atomic E-state index is -0.0698. The van der Waals surface area contributed by atoms with E-state index in [0.717, 1.165) is 58.2 Å². The Morgan fingerprint density at radius 3 is 2.71 bits per heavy atom. The van der Waals surface area contributed by atoms with Crippen LogP contribution in [0.5, 0.6) is 0 Å².